The number of fused-ring (bicyclic) bond motifs is 3. The second-order valence-corrected chi connectivity index (χ2v) is 3.80. The fourth-order valence-corrected chi connectivity index (χ4v) is 1.95. The number of hydrogen-bond donors (Lipinski definition) is 2. The van der Waals surface area contributed by atoms with Gasteiger partial charge in [0.1, 0.15) is 30.1 Å². The van der Waals surface area contributed by atoms with E-state index in [4.69, 9.17) is 14.6 Å². The number of nitrogens with one attached hydrogen (secondary N) is 1. The number of carbonyl (C=O) groups is 1. The highest BCUT2D eigenvalue weighted by molar-refractivity contribution is 5.99. The Kier molecular flexibility index (Phi) is 1.98. The van der Waals surface area contributed by atoms with E-state index in [-0.39, 0.29) is 11.3 Å². The summed E-state index contributed by atoms with van der Waals surface area (Å²) in [5.74, 6) is 0.345. The van der Waals surface area contributed by atoms with Gasteiger partial charge in [-0.25, -0.2) is 9.78 Å². The van der Waals surface area contributed by atoms with E-state index in [1.165, 1.54) is 6.07 Å². The molecule has 0 unspecified atom stereocenters. The Morgan fingerprint density at radius 3 is 2.82 bits per heavy atom. The zero-order valence-electron chi connectivity index (χ0n) is 9.11. The maximum atomic E-state index is 11.2. The van der Waals surface area contributed by atoms with E-state index in [2.05, 4.69) is 9.97 Å². The predicted molar refractivity (Wildman–Crippen MR) is 58.8 cm³/mol. The van der Waals surface area contributed by atoms with Gasteiger partial charge in [0.2, 0.25) is 0 Å². The molecule has 0 fully saturated rings. The molecule has 0 amide bonds. The number of benzene rings is 1. The quantitative estimate of drug-likeness (QED) is 0.777. The molecular weight excluding hydrogens is 224 g/mol. The molecule has 1 aromatic heterocycles. The molecule has 0 saturated carbocycles. The van der Waals surface area contributed by atoms with Crippen LogP contribution in [0.1, 0.15) is 16.2 Å². The van der Waals surface area contributed by atoms with Crippen LogP contribution in [0.5, 0.6) is 11.5 Å². The molecule has 0 radical (unpaired) electrons. The Labute approximate surface area is 96.2 Å². The molecule has 0 spiro atoms. The summed E-state index contributed by atoms with van der Waals surface area (Å²) in [6.45, 7) is 2.55. The van der Waals surface area contributed by atoms with E-state index in [9.17, 15) is 4.79 Å². The lowest BCUT2D eigenvalue weighted by Gasteiger charge is -2.20. The van der Waals surface area contributed by atoms with Gasteiger partial charge < -0.3 is 19.6 Å². The Balaban J connectivity index is 2.38. The molecule has 88 valence electrons. The molecule has 1 aliphatic rings. The molecule has 0 aliphatic carbocycles. The first-order chi connectivity index (χ1) is 8.16. The molecule has 2 heterocycles. The fourth-order valence-electron chi connectivity index (χ4n) is 1.95. The SMILES string of the molecule is Cc1nc2c3c(c(C(=O)O)cc2[nH]1)OCCO3. The molecular formula is C11H10N2O4. The highest BCUT2D eigenvalue weighted by Crippen LogP contribution is 2.39. The molecule has 2 aromatic rings. The van der Waals surface area contributed by atoms with Crippen molar-refractivity contribution in [3.8, 4) is 11.5 Å². The van der Waals surface area contributed by atoms with Crippen molar-refractivity contribution < 1.29 is 19.4 Å². The van der Waals surface area contributed by atoms with Crippen molar-refractivity contribution in [2.24, 2.45) is 0 Å². The number of H-pyrrole nitrogens is 1. The van der Waals surface area contributed by atoms with E-state index in [1.54, 1.807) is 6.92 Å². The highest BCUT2D eigenvalue weighted by Gasteiger charge is 2.25. The van der Waals surface area contributed by atoms with Crippen LogP contribution in [-0.2, 0) is 0 Å². The minimum atomic E-state index is -1.04. The summed E-state index contributed by atoms with van der Waals surface area (Å²) in [6.07, 6.45) is 0. The van der Waals surface area contributed by atoms with Crippen LogP contribution >= 0.6 is 0 Å². The summed E-state index contributed by atoms with van der Waals surface area (Å²) in [4.78, 5) is 18.4. The second-order valence-electron chi connectivity index (χ2n) is 3.80. The van der Waals surface area contributed by atoms with Crippen LogP contribution in [0.2, 0.25) is 0 Å². The van der Waals surface area contributed by atoms with E-state index >= 15 is 0 Å². The number of aryl methyl sites for hydroxylation is 1. The Morgan fingerprint density at radius 2 is 2.12 bits per heavy atom. The van der Waals surface area contributed by atoms with Crippen molar-refractivity contribution in [3.63, 3.8) is 0 Å². The first-order valence-corrected chi connectivity index (χ1v) is 5.19. The van der Waals surface area contributed by atoms with Gasteiger partial charge in [0, 0.05) is 0 Å². The maximum Gasteiger partial charge on any atom is 0.339 e. The normalized spacial score (nSPS) is 13.9. The smallest absolute Gasteiger partial charge is 0.339 e. The second kappa shape index (κ2) is 3.38. The molecule has 1 aromatic carbocycles. The van der Waals surface area contributed by atoms with Crippen LogP contribution in [0.4, 0.5) is 0 Å². The van der Waals surface area contributed by atoms with Gasteiger partial charge in [-0.2, -0.15) is 0 Å². The third kappa shape index (κ3) is 1.41. The summed E-state index contributed by atoms with van der Waals surface area (Å²) in [7, 11) is 0. The van der Waals surface area contributed by atoms with Crippen molar-refractivity contribution in [1.29, 1.82) is 0 Å². The minimum Gasteiger partial charge on any atom is -0.485 e. The van der Waals surface area contributed by atoms with E-state index in [1.807, 2.05) is 0 Å². The number of imidazole rings is 1. The molecule has 6 heteroatoms. The predicted octanol–water partition coefficient (Wildman–Crippen LogP) is 1.34. The van der Waals surface area contributed by atoms with Gasteiger partial charge in [-0.05, 0) is 13.0 Å². The molecule has 3 rings (SSSR count). The van der Waals surface area contributed by atoms with Crippen molar-refractivity contribution in [2.45, 2.75) is 6.92 Å². The van der Waals surface area contributed by atoms with E-state index in [0.29, 0.717) is 35.8 Å². The first-order valence-electron chi connectivity index (χ1n) is 5.19. The molecule has 2 N–H and O–H groups in total. The van der Waals surface area contributed by atoms with Crippen LogP contribution in [0.25, 0.3) is 11.0 Å². The third-order valence-electron chi connectivity index (χ3n) is 2.61. The van der Waals surface area contributed by atoms with E-state index < -0.39 is 5.97 Å². The first kappa shape index (κ1) is 9.95. The van der Waals surface area contributed by atoms with Crippen LogP contribution < -0.4 is 9.47 Å². The molecule has 1 aliphatic heterocycles. The van der Waals surface area contributed by atoms with E-state index in [0.717, 1.165) is 0 Å². The summed E-state index contributed by atoms with van der Waals surface area (Å²) in [5, 5.41) is 9.14. The summed E-state index contributed by atoms with van der Waals surface area (Å²) < 4.78 is 10.8. The van der Waals surface area contributed by atoms with Gasteiger partial charge in [-0.3, -0.25) is 0 Å². The lowest BCUT2D eigenvalue weighted by molar-refractivity contribution is 0.0686. The van der Waals surface area contributed by atoms with Gasteiger partial charge in [0.25, 0.3) is 0 Å². The third-order valence-corrected chi connectivity index (χ3v) is 2.61. The number of aromatic amines is 1. The van der Waals surface area contributed by atoms with Gasteiger partial charge in [0.15, 0.2) is 11.5 Å². The Morgan fingerprint density at radius 1 is 1.41 bits per heavy atom. The monoisotopic (exact) mass is 234 g/mol. The number of ether oxygens (including phenoxy) is 2. The number of aromatic carboxylic acids is 1. The Hall–Kier alpha value is -2.24. The molecule has 0 atom stereocenters. The molecule has 6 nitrogen and oxygen atoms in total. The van der Waals surface area contributed by atoms with Crippen molar-refractivity contribution >= 4 is 17.0 Å². The van der Waals surface area contributed by atoms with Gasteiger partial charge >= 0.3 is 5.97 Å². The van der Waals surface area contributed by atoms with Gasteiger partial charge in [-0.15, -0.1) is 0 Å². The number of nitrogens with zero attached hydrogens (tertiary/aromatic N) is 1. The average Bonchev–Trinajstić information content (AvgIpc) is 2.68. The summed E-state index contributed by atoms with van der Waals surface area (Å²) in [6, 6.07) is 1.52. The topological polar surface area (TPSA) is 84.4 Å². The zero-order chi connectivity index (χ0) is 12.0. The number of carboxylic acids is 1. The molecule has 0 saturated heterocycles. The van der Waals surface area contributed by atoms with Gasteiger partial charge in [-0.1, -0.05) is 0 Å². The maximum absolute atomic E-state index is 11.2. The van der Waals surface area contributed by atoms with Gasteiger partial charge in [0.05, 0.1) is 5.52 Å². The lowest BCUT2D eigenvalue weighted by atomic mass is 10.1. The standard InChI is InChI=1S/C11H10N2O4/c1-5-12-7-4-6(11(14)15)9-10(8(7)13-5)17-3-2-16-9/h4H,2-3H2,1H3,(H,12,13)(H,14,15). The number of rotatable bonds is 1. The number of carboxylic acid groups (broad SMARTS) is 1. The highest BCUT2D eigenvalue weighted by atomic mass is 16.6. The van der Waals surface area contributed by atoms with Crippen LogP contribution in [0.3, 0.4) is 0 Å². The minimum absolute atomic E-state index is 0.0934. The lowest BCUT2D eigenvalue weighted by Crippen LogP contribution is -2.18. The van der Waals surface area contributed by atoms with Crippen LogP contribution in [0.15, 0.2) is 6.07 Å². The summed E-state index contributed by atoms with van der Waals surface area (Å²) in [5.41, 5.74) is 1.35. The summed E-state index contributed by atoms with van der Waals surface area (Å²) >= 11 is 0. The van der Waals surface area contributed by atoms with Crippen molar-refractivity contribution in [2.75, 3.05) is 13.2 Å². The largest absolute Gasteiger partial charge is 0.485 e. The fraction of sp³-hybridized carbons (Fsp3) is 0.273. The zero-order valence-corrected chi connectivity index (χ0v) is 9.11. The molecule has 0 bridgehead atoms. The molecule has 17 heavy (non-hydrogen) atoms. The number of hydrogen-bond acceptors (Lipinski definition) is 4. The Bertz CT molecular complexity index is 617. The van der Waals surface area contributed by atoms with Crippen LogP contribution in [0, 0.1) is 6.92 Å². The average molecular weight is 234 g/mol. The number of aromatic nitrogens is 2. The van der Waals surface area contributed by atoms with Crippen molar-refractivity contribution in [1.82, 2.24) is 9.97 Å². The van der Waals surface area contributed by atoms with Crippen molar-refractivity contribution in [3.05, 3.63) is 17.5 Å². The van der Waals surface area contributed by atoms with Crippen LogP contribution in [-0.4, -0.2) is 34.3 Å².